The summed E-state index contributed by atoms with van der Waals surface area (Å²) in [6.07, 6.45) is 0. The molecule has 0 radical (unpaired) electrons. The van der Waals surface area contributed by atoms with Crippen molar-refractivity contribution >= 4 is 5.91 Å². The largest absolute Gasteiger partial charge is 0.369 e. The van der Waals surface area contributed by atoms with Gasteiger partial charge in [0.15, 0.2) is 0 Å². The minimum Gasteiger partial charge on any atom is -0.369 e. The van der Waals surface area contributed by atoms with E-state index in [1.165, 1.54) is 0 Å². The molecule has 3 saturated heterocycles. The van der Waals surface area contributed by atoms with Crippen LogP contribution < -0.4 is 11.2 Å². The van der Waals surface area contributed by atoms with Crippen LogP contribution in [0.25, 0.3) is 0 Å². The first kappa shape index (κ1) is 5.20. The van der Waals surface area contributed by atoms with Crippen LogP contribution in [0.1, 0.15) is 0 Å². The molecule has 9 heavy (non-hydrogen) atoms. The molecule has 2 bridgehead atoms. The van der Waals surface area contributed by atoms with Crippen LogP contribution in [0, 0.1) is 5.41 Å². The van der Waals surface area contributed by atoms with Gasteiger partial charge in [0.25, 0.3) is 0 Å². The molecule has 3 aliphatic rings. The molecule has 0 atom stereocenters. The zero-order valence-electron chi connectivity index (χ0n) is 5.05. The molecule has 4 heteroatoms. The van der Waals surface area contributed by atoms with Crippen molar-refractivity contribution < 1.29 is 4.79 Å². The maximum atomic E-state index is 10.7. The monoisotopic (exact) mass is 127 g/mol. The molecular formula is C5H9N3O. The van der Waals surface area contributed by atoms with Crippen molar-refractivity contribution in [3.05, 3.63) is 0 Å². The van der Waals surface area contributed by atoms with E-state index < -0.39 is 0 Å². The molecule has 1 amide bonds. The predicted octanol–water partition coefficient (Wildman–Crippen LogP) is -1.71. The van der Waals surface area contributed by atoms with Crippen molar-refractivity contribution in [2.75, 3.05) is 19.6 Å². The van der Waals surface area contributed by atoms with Crippen LogP contribution in [0.2, 0.25) is 0 Å². The number of nitrogens with two attached hydrogens (primary N) is 1. The van der Waals surface area contributed by atoms with Gasteiger partial charge < -0.3 is 5.73 Å². The molecule has 4 nitrogen and oxygen atoms in total. The normalized spacial score (nSPS) is 46.4. The lowest BCUT2D eigenvalue weighted by molar-refractivity contribution is -0.131. The highest BCUT2D eigenvalue weighted by atomic mass is 16.1. The van der Waals surface area contributed by atoms with E-state index in [0.29, 0.717) is 0 Å². The first-order valence-electron chi connectivity index (χ1n) is 3.01. The van der Waals surface area contributed by atoms with Crippen molar-refractivity contribution in [1.29, 1.82) is 0 Å². The van der Waals surface area contributed by atoms with E-state index in [4.69, 9.17) is 5.73 Å². The Morgan fingerprint density at radius 2 is 2.33 bits per heavy atom. The van der Waals surface area contributed by atoms with Crippen LogP contribution in [-0.2, 0) is 4.79 Å². The van der Waals surface area contributed by atoms with Gasteiger partial charge >= 0.3 is 0 Å². The maximum Gasteiger partial charge on any atom is 0.227 e. The number of amides is 1. The van der Waals surface area contributed by atoms with Gasteiger partial charge in [0.05, 0.1) is 5.41 Å². The van der Waals surface area contributed by atoms with E-state index >= 15 is 0 Å². The zero-order chi connectivity index (χ0) is 6.48. The fourth-order valence-electron chi connectivity index (χ4n) is 1.41. The SMILES string of the molecule is NC(=O)C12CNN(C1)C2. The molecule has 0 aromatic rings. The Kier molecular flexibility index (Phi) is 0.736. The number of hydrogen-bond acceptors (Lipinski definition) is 3. The van der Waals surface area contributed by atoms with Crippen LogP contribution in [-0.4, -0.2) is 30.6 Å². The van der Waals surface area contributed by atoms with Gasteiger partial charge in [0.2, 0.25) is 5.91 Å². The third-order valence-corrected chi connectivity index (χ3v) is 2.15. The number of rotatable bonds is 1. The molecule has 3 heterocycles. The third-order valence-electron chi connectivity index (χ3n) is 2.15. The number of carbonyl (C=O) groups excluding carboxylic acids is 1. The van der Waals surface area contributed by atoms with E-state index in [-0.39, 0.29) is 11.3 Å². The van der Waals surface area contributed by atoms with Crippen LogP contribution in [0.4, 0.5) is 0 Å². The van der Waals surface area contributed by atoms with Crippen molar-refractivity contribution in [2.45, 2.75) is 0 Å². The van der Waals surface area contributed by atoms with Gasteiger partial charge in [-0.2, -0.15) is 0 Å². The minimum atomic E-state index is -0.208. The fourth-order valence-corrected chi connectivity index (χ4v) is 1.41. The van der Waals surface area contributed by atoms with Crippen LogP contribution in [0.3, 0.4) is 0 Å². The number of hydrazine groups is 1. The van der Waals surface area contributed by atoms with E-state index in [9.17, 15) is 4.79 Å². The van der Waals surface area contributed by atoms with Gasteiger partial charge in [-0.15, -0.1) is 0 Å². The number of carbonyl (C=O) groups is 1. The van der Waals surface area contributed by atoms with Gasteiger partial charge in [-0.25, -0.2) is 5.01 Å². The summed E-state index contributed by atoms with van der Waals surface area (Å²) in [5.41, 5.74) is 8.00. The summed E-state index contributed by atoms with van der Waals surface area (Å²) in [6, 6.07) is 0. The summed E-state index contributed by atoms with van der Waals surface area (Å²) in [7, 11) is 0. The van der Waals surface area contributed by atoms with Crippen molar-refractivity contribution in [2.24, 2.45) is 11.1 Å². The van der Waals surface area contributed by atoms with Gasteiger partial charge in [-0.3, -0.25) is 10.2 Å². The number of fused-ring (bicyclic) bond motifs is 1. The highest BCUT2D eigenvalue weighted by Crippen LogP contribution is 2.33. The number of hydrogen-bond donors (Lipinski definition) is 2. The predicted molar refractivity (Wildman–Crippen MR) is 31.2 cm³/mol. The molecule has 50 valence electrons. The smallest absolute Gasteiger partial charge is 0.227 e. The average Bonchev–Trinajstić information content (AvgIpc) is 2.13. The van der Waals surface area contributed by atoms with Gasteiger partial charge in [0.1, 0.15) is 0 Å². The van der Waals surface area contributed by atoms with E-state index in [2.05, 4.69) is 5.43 Å². The average molecular weight is 127 g/mol. The van der Waals surface area contributed by atoms with Crippen molar-refractivity contribution in [1.82, 2.24) is 10.4 Å². The highest BCUT2D eigenvalue weighted by Gasteiger charge is 2.53. The lowest BCUT2D eigenvalue weighted by Crippen LogP contribution is -2.55. The molecular weight excluding hydrogens is 118 g/mol. The molecule has 0 saturated carbocycles. The lowest BCUT2D eigenvalue weighted by atomic mass is 9.83. The van der Waals surface area contributed by atoms with E-state index in [1.54, 1.807) is 0 Å². The minimum absolute atomic E-state index is 0.163. The fraction of sp³-hybridized carbons (Fsp3) is 0.800. The molecule has 3 aliphatic heterocycles. The molecule has 3 N–H and O–H groups in total. The molecule has 0 aromatic heterocycles. The summed E-state index contributed by atoms with van der Waals surface area (Å²) in [4.78, 5) is 10.7. The second-order valence-corrected chi connectivity index (χ2v) is 2.84. The summed E-state index contributed by atoms with van der Waals surface area (Å²) < 4.78 is 0. The van der Waals surface area contributed by atoms with Gasteiger partial charge in [-0.05, 0) is 0 Å². The first-order chi connectivity index (χ1) is 4.23. The lowest BCUT2D eigenvalue weighted by Gasteiger charge is -2.35. The van der Waals surface area contributed by atoms with E-state index in [0.717, 1.165) is 19.6 Å². The van der Waals surface area contributed by atoms with Crippen molar-refractivity contribution in [3.8, 4) is 0 Å². The second-order valence-electron chi connectivity index (χ2n) is 2.84. The number of primary amides is 1. The summed E-state index contributed by atoms with van der Waals surface area (Å²) in [5, 5.41) is 2.00. The first-order valence-corrected chi connectivity index (χ1v) is 3.01. The van der Waals surface area contributed by atoms with Crippen molar-refractivity contribution in [3.63, 3.8) is 0 Å². The van der Waals surface area contributed by atoms with Gasteiger partial charge in [0, 0.05) is 19.6 Å². The Labute approximate surface area is 53.0 Å². The zero-order valence-corrected chi connectivity index (χ0v) is 5.05. The number of nitrogens with zero attached hydrogens (tertiary/aromatic N) is 1. The van der Waals surface area contributed by atoms with Crippen LogP contribution in [0.5, 0.6) is 0 Å². The van der Waals surface area contributed by atoms with Crippen LogP contribution in [0.15, 0.2) is 0 Å². The Balaban J connectivity index is 2.19. The Bertz CT molecular complexity index is 156. The Morgan fingerprint density at radius 3 is 2.56 bits per heavy atom. The molecule has 0 aromatic carbocycles. The Morgan fingerprint density at radius 1 is 1.67 bits per heavy atom. The molecule has 0 aliphatic carbocycles. The highest BCUT2D eigenvalue weighted by molar-refractivity contribution is 5.83. The second kappa shape index (κ2) is 1.27. The van der Waals surface area contributed by atoms with Gasteiger partial charge in [-0.1, -0.05) is 0 Å². The standard InChI is InChI=1S/C5H9N3O/c6-4(9)5-1-7-8(2-5)3-5/h7H,1-3H2,(H2,6,9). The summed E-state index contributed by atoms with van der Waals surface area (Å²) in [6.45, 7) is 2.35. The van der Waals surface area contributed by atoms with E-state index in [1.807, 2.05) is 5.01 Å². The molecule has 0 unspecified atom stereocenters. The van der Waals surface area contributed by atoms with Crippen LogP contribution >= 0.6 is 0 Å². The Hall–Kier alpha value is -0.610. The number of nitrogens with one attached hydrogen (secondary N) is 1. The summed E-state index contributed by atoms with van der Waals surface area (Å²) in [5.74, 6) is -0.163. The maximum absolute atomic E-state index is 10.7. The molecule has 3 fully saturated rings. The summed E-state index contributed by atoms with van der Waals surface area (Å²) >= 11 is 0. The third kappa shape index (κ3) is 0.469. The molecule has 0 spiro atoms. The topological polar surface area (TPSA) is 58.4 Å². The molecule has 3 rings (SSSR count). The quantitative estimate of drug-likeness (QED) is 0.441.